The van der Waals surface area contributed by atoms with Crippen molar-refractivity contribution >= 4 is 35.8 Å². The summed E-state index contributed by atoms with van der Waals surface area (Å²) in [6.07, 6.45) is 2.38. The van der Waals surface area contributed by atoms with Gasteiger partial charge in [-0.05, 0) is 50.0 Å². The van der Waals surface area contributed by atoms with Crippen molar-refractivity contribution in [3.8, 4) is 0 Å². The van der Waals surface area contributed by atoms with E-state index in [9.17, 15) is 9.18 Å². The average molecular weight is 505 g/mol. The largest absolute Gasteiger partial charge is 0.355 e. The molecule has 1 aliphatic heterocycles. The van der Waals surface area contributed by atoms with Gasteiger partial charge in [-0.2, -0.15) is 0 Å². The van der Waals surface area contributed by atoms with E-state index in [1.165, 1.54) is 18.9 Å². The number of hydrogen-bond donors (Lipinski definition) is 2. The van der Waals surface area contributed by atoms with Crippen LogP contribution in [0.1, 0.15) is 30.9 Å². The summed E-state index contributed by atoms with van der Waals surface area (Å²) in [6.45, 7) is 7.50. The fourth-order valence-electron chi connectivity index (χ4n) is 3.22. The first-order chi connectivity index (χ1) is 12.9. The van der Waals surface area contributed by atoms with Crippen LogP contribution in [-0.4, -0.2) is 68.0 Å². The molecule has 1 aromatic carbocycles. The number of guanidine groups is 1. The Balaban J connectivity index is 0.00000392. The summed E-state index contributed by atoms with van der Waals surface area (Å²) in [5.41, 5.74) is 1.54. The Morgan fingerprint density at radius 1 is 1.36 bits per heavy atom. The standard InChI is InChI=1S/C20H32FN5O.HI/c1-5-26-10-6-7-17(26)13-23-20(24-14-19(27)25(3)4)22-12-16-8-9-18(21)15(2)11-16;/h8-9,11,17H,5-7,10,12-14H2,1-4H3,(H2,22,23,24);1H. The molecule has 1 aromatic rings. The number of benzene rings is 1. The lowest BCUT2D eigenvalue weighted by Gasteiger charge is -2.24. The highest BCUT2D eigenvalue weighted by atomic mass is 127. The Kier molecular flexibility index (Phi) is 10.7. The molecular formula is C20H33FIN5O. The molecule has 1 aliphatic rings. The van der Waals surface area contributed by atoms with Crippen molar-refractivity contribution in [2.24, 2.45) is 4.99 Å². The molecule has 1 heterocycles. The number of likely N-dealkylation sites (tertiary alicyclic amines) is 1. The quantitative estimate of drug-likeness (QED) is 0.340. The van der Waals surface area contributed by atoms with Gasteiger partial charge in [-0.15, -0.1) is 24.0 Å². The lowest BCUT2D eigenvalue weighted by molar-refractivity contribution is -0.127. The first kappa shape index (κ1) is 24.6. The third-order valence-electron chi connectivity index (χ3n) is 4.96. The van der Waals surface area contributed by atoms with Crippen molar-refractivity contribution in [3.63, 3.8) is 0 Å². The molecule has 1 fully saturated rings. The summed E-state index contributed by atoms with van der Waals surface area (Å²) in [6, 6.07) is 5.50. The monoisotopic (exact) mass is 505 g/mol. The number of aliphatic imine (C=N–C) groups is 1. The Bertz CT molecular complexity index is 668. The highest BCUT2D eigenvalue weighted by Crippen LogP contribution is 2.15. The van der Waals surface area contributed by atoms with Gasteiger partial charge in [-0.1, -0.05) is 19.1 Å². The van der Waals surface area contributed by atoms with Crippen LogP contribution >= 0.6 is 24.0 Å². The van der Waals surface area contributed by atoms with Crippen molar-refractivity contribution < 1.29 is 9.18 Å². The Morgan fingerprint density at radius 2 is 2.11 bits per heavy atom. The zero-order chi connectivity index (χ0) is 19.8. The van der Waals surface area contributed by atoms with E-state index >= 15 is 0 Å². The number of carbonyl (C=O) groups excluding carboxylic acids is 1. The fraction of sp³-hybridized carbons (Fsp3) is 0.600. The molecule has 2 rings (SSSR count). The van der Waals surface area contributed by atoms with Gasteiger partial charge in [0, 0.05) is 26.7 Å². The van der Waals surface area contributed by atoms with E-state index in [0.717, 1.165) is 25.2 Å². The molecular weight excluding hydrogens is 472 g/mol. The normalized spacial score (nSPS) is 17.2. The highest BCUT2D eigenvalue weighted by molar-refractivity contribution is 14.0. The maximum absolute atomic E-state index is 13.4. The van der Waals surface area contributed by atoms with E-state index in [2.05, 4.69) is 27.4 Å². The Labute approximate surface area is 185 Å². The Hall–Kier alpha value is -1.42. The van der Waals surface area contributed by atoms with E-state index in [1.54, 1.807) is 38.1 Å². The van der Waals surface area contributed by atoms with Crippen molar-refractivity contribution in [1.29, 1.82) is 0 Å². The minimum Gasteiger partial charge on any atom is -0.355 e. The van der Waals surface area contributed by atoms with Crippen LogP contribution < -0.4 is 10.6 Å². The van der Waals surface area contributed by atoms with Crippen LogP contribution in [0, 0.1) is 12.7 Å². The molecule has 6 nitrogen and oxygen atoms in total. The second-order valence-electron chi connectivity index (χ2n) is 7.20. The molecule has 0 bridgehead atoms. The van der Waals surface area contributed by atoms with Gasteiger partial charge in [-0.3, -0.25) is 9.69 Å². The molecule has 158 valence electrons. The predicted octanol–water partition coefficient (Wildman–Crippen LogP) is 2.36. The smallest absolute Gasteiger partial charge is 0.241 e. The van der Waals surface area contributed by atoms with Crippen LogP contribution in [-0.2, 0) is 11.3 Å². The van der Waals surface area contributed by atoms with E-state index in [0.29, 0.717) is 24.1 Å². The number of likely N-dealkylation sites (N-methyl/N-ethyl adjacent to an activating group) is 2. The van der Waals surface area contributed by atoms with Crippen molar-refractivity contribution in [1.82, 2.24) is 20.4 Å². The first-order valence-corrected chi connectivity index (χ1v) is 9.62. The predicted molar refractivity (Wildman–Crippen MR) is 123 cm³/mol. The molecule has 1 amide bonds. The number of nitrogens with zero attached hydrogens (tertiary/aromatic N) is 3. The minimum absolute atomic E-state index is 0. The van der Waals surface area contributed by atoms with Gasteiger partial charge < -0.3 is 15.5 Å². The zero-order valence-corrected chi connectivity index (χ0v) is 19.6. The molecule has 8 heteroatoms. The summed E-state index contributed by atoms with van der Waals surface area (Å²) in [5, 5.41) is 6.48. The molecule has 0 radical (unpaired) electrons. The summed E-state index contributed by atoms with van der Waals surface area (Å²) in [4.78, 5) is 20.5. The molecule has 0 aliphatic carbocycles. The summed E-state index contributed by atoms with van der Waals surface area (Å²) in [7, 11) is 3.46. The van der Waals surface area contributed by atoms with E-state index in [-0.39, 0.29) is 42.2 Å². The van der Waals surface area contributed by atoms with Gasteiger partial charge in [0.15, 0.2) is 5.96 Å². The zero-order valence-electron chi connectivity index (χ0n) is 17.3. The van der Waals surface area contributed by atoms with Gasteiger partial charge >= 0.3 is 0 Å². The average Bonchev–Trinajstić information content (AvgIpc) is 3.11. The SMILES string of the molecule is CCN1CCCC1CNC(=NCc1ccc(F)c(C)c1)NCC(=O)N(C)C.I. The van der Waals surface area contributed by atoms with Crippen LogP contribution in [0.4, 0.5) is 4.39 Å². The number of aryl methyl sites for hydroxylation is 1. The maximum atomic E-state index is 13.4. The van der Waals surface area contributed by atoms with E-state index in [4.69, 9.17) is 0 Å². The number of halogens is 2. The van der Waals surface area contributed by atoms with Gasteiger partial charge in [0.2, 0.25) is 5.91 Å². The third kappa shape index (κ3) is 7.54. The summed E-state index contributed by atoms with van der Waals surface area (Å²) in [5.74, 6) is 0.380. The van der Waals surface area contributed by atoms with Gasteiger partial charge in [-0.25, -0.2) is 9.38 Å². The third-order valence-corrected chi connectivity index (χ3v) is 4.96. The molecule has 0 aromatic heterocycles. The lowest BCUT2D eigenvalue weighted by Crippen LogP contribution is -2.47. The number of amides is 1. The number of nitrogens with one attached hydrogen (secondary N) is 2. The second kappa shape index (κ2) is 12.2. The number of carbonyl (C=O) groups is 1. The molecule has 1 atom stereocenters. The van der Waals surface area contributed by atoms with Gasteiger partial charge in [0.1, 0.15) is 5.82 Å². The summed E-state index contributed by atoms with van der Waals surface area (Å²) >= 11 is 0. The van der Waals surface area contributed by atoms with Crippen LogP contribution in [0.5, 0.6) is 0 Å². The lowest BCUT2D eigenvalue weighted by atomic mass is 10.1. The van der Waals surface area contributed by atoms with Crippen molar-refractivity contribution in [2.75, 3.05) is 40.3 Å². The fourth-order valence-corrected chi connectivity index (χ4v) is 3.22. The maximum Gasteiger partial charge on any atom is 0.241 e. The second-order valence-corrected chi connectivity index (χ2v) is 7.20. The van der Waals surface area contributed by atoms with Crippen molar-refractivity contribution in [3.05, 3.63) is 35.1 Å². The molecule has 1 unspecified atom stereocenters. The van der Waals surface area contributed by atoms with Crippen LogP contribution in [0.3, 0.4) is 0 Å². The van der Waals surface area contributed by atoms with Crippen LogP contribution in [0.25, 0.3) is 0 Å². The molecule has 0 saturated carbocycles. The Morgan fingerprint density at radius 3 is 2.75 bits per heavy atom. The van der Waals surface area contributed by atoms with Crippen LogP contribution in [0.15, 0.2) is 23.2 Å². The topological polar surface area (TPSA) is 60.0 Å². The van der Waals surface area contributed by atoms with Gasteiger partial charge in [0.05, 0.1) is 13.1 Å². The molecule has 0 spiro atoms. The first-order valence-electron chi connectivity index (χ1n) is 9.62. The molecule has 1 saturated heterocycles. The number of hydrogen-bond acceptors (Lipinski definition) is 3. The van der Waals surface area contributed by atoms with Crippen molar-refractivity contribution in [2.45, 2.75) is 39.3 Å². The molecule has 28 heavy (non-hydrogen) atoms. The highest BCUT2D eigenvalue weighted by Gasteiger charge is 2.22. The van der Waals surface area contributed by atoms with E-state index < -0.39 is 0 Å². The van der Waals surface area contributed by atoms with E-state index in [1.807, 2.05) is 0 Å². The van der Waals surface area contributed by atoms with Gasteiger partial charge in [0.25, 0.3) is 0 Å². The van der Waals surface area contributed by atoms with Crippen LogP contribution in [0.2, 0.25) is 0 Å². The number of rotatable bonds is 7. The molecule has 2 N–H and O–H groups in total. The minimum atomic E-state index is -0.211. The summed E-state index contributed by atoms with van der Waals surface area (Å²) < 4.78 is 13.4.